The first-order chi connectivity index (χ1) is 13.8. The quantitative estimate of drug-likeness (QED) is 0.611. The van der Waals surface area contributed by atoms with Gasteiger partial charge >= 0.3 is 0 Å². The fraction of sp³-hybridized carbons (Fsp3) is 0.450. The van der Waals surface area contributed by atoms with E-state index in [0.29, 0.717) is 17.0 Å². The molecular weight excluding hydrogens is 413 g/mol. The molecule has 3 heterocycles. The van der Waals surface area contributed by atoms with Crippen molar-refractivity contribution in [3.05, 3.63) is 45.5 Å². The van der Waals surface area contributed by atoms with Gasteiger partial charge in [0, 0.05) is 33.8 Å². The van der Waals surface area contributed by atoms with Crippen LogP contribution in [0.15, 0.2) is 33.7 Å². The van der Waals surface area contributed by atoms with E-state index in [1.54, 1.807) is 12.1 Å². The number of fused-ring (bicyclic) bond motifs is 1. The lowest BCUT2D eigenvalue weighted by molar-refractivity contribution is 0.326. The summed E-state index contributed by atoms with van der Waals surface area (Å²) >= 11 is 1.50. The van der Waals surface area contributed by atoms with Crippen molar-refractivity contribution < 1.29 is 17.3 Å². The van der Waals surface area contributed by atoms with Crippen LogP contribution in [0.25, 0.3) is 11.0 Å². The number of likely N-dealkylation sites (tertiary alicyclic amines) is 1. The SMILES string of the molecule is Cc1cc(S(=O)(=O)NC2CCN(CCCc3noc4cc(F)ccc34)C2)c(C)s1. The van der Waals surface area contributed by atoms with Crippen LogP contribution in [0.1, 0.15) is 28.3 Å². The predicted octanol–water partition coefficient (Wildman–Crippen LogP) is 3.63. The number of hydrogen-bond acceptors (Lipinski definition) is 6. The van der Waals surface area contributed by atoms with E-state index in [2.05, 4.69) is 14.8 Å². The van der Waals surface area contributed by atoms with E-state index in [9.17, 15) is 12.8 Å². The topological polar surface area (TPSA) is 75.4 Å². The third kappa shape index (κ3) is 4.53. The molecule has 9 heteroatoms. The van der Waals surface area contributed by atoms with Crippen LogP contribution in [0.2, 0.25) is 0 Å². The van der Waals surface area contributed by atoms with Crippen LogP contribution < -0.4 is 4.72 Å². The smallest absolute Gasteiger partial charge is 0.241 e. The average Bonchev–Trinajstić information content (AvgIpc) is 3.34. The lowest BCUT2D eigenvalue weighted by Gasteiger charge is -2.16. The van der Waals surface area contributed by atoms with Crippen LogP contribution in [0.5, 0.6) is 0 Å². The minimum Gasteiger partial charge on any atom is -0.356 e. The molecule has 156 valence electrons. The highest BCUT2D eigenvalue weighted by Gasteiger charge is 2.28. The minimum atomic E-state index is -3.48. The van der Waals surface area contributed by atoms with E-state index < -0.39 is 10.0 Å². The van der Waals surface area contributed by atoms with Gasteiger partial charge in [0.1, 0.15) is 5.82 Å². The highest BCUT2D eigenvalue weighted by atomic mass is 32.2. The van der Waals surface area contributed by atoms with E-state index in [1.165, 1.54) is 23.5 Å². The van der Waals surface area contributed by atoms with E-state index in [4.69, 9.17) is 4.52 Å². The summed E-state index contributed by atoms with van der Waals surface area (Å²) in [4.78, 5) is 4.48. The Balaban J connectivity index is 1.29. The minimum absolute atomic E-state index is 0.0736. The van der Waals surface area contributed by atoms with Crippen molar-refractivity contribution in [3.63, 3.8) is 0 Å². The number of thiophene rings is 1. The van der Waals surface area contributed by atoms with Crippen molar-refractivity contribution in [2.75, 3.05) is 19.6 Å². The normalized spacial score (nSPS) is 18.1. The van der Waals surface area contributed by atoms with Crippen LogP contribution >= 0.6 is 11.3 Å². The first kappa shape index (κ1) is 20.5. The number of nitrogens with one attached hydrogen (secondary N) is 1. The van der Waals surface area contributed by atoms with E-state index >= 15 is 0 Å². The highest BCUT2D eigenvalue weighted by Crippen LogP contribution is 2.26. The van der Waals surface area contributed by atoms with Crippen LogP contribution in [0.3, 0.4) is 0 Å². The fourth-order valence-corrected chi connectivity index (χ4v) is 6.72. The van der Waals surface area contributed by atoms with Gasteiger partial charge in [-0.15, -0.1) is 11.3 Å². The maximum absolute atomic E-state index is 13.2. The lowest BCUT2D eigenvalue weighted by Crippen LogP contribution is -2.37. The Kier molecular flexibility index (Phi) is 5.74. The average molecular weight is 438 g/mol. The third-order valence-electron chi connectivity index (χ3n) is 5.28. The summed E-state index contributed by atoms with van der Waals surface area (Å²) in [5.41, 5.74) is 1.30. The lowest BCUT2D eigenvalue weighted by atomic mass is 10.1. The molecule has 1 aromatic carbocycles. The molecule has 0 bridgehead atoms. The monoisotopic (exact) mass is 437 g/mol. The van der Waals surface area contributed by atoms with Crippen LogP contribution in [0.4, 0.5) is 4.39 Å². The number of hydrogen-bond donors (Lipinski definition) is 1. The molecule has 1 saturated heterocycles. The Hall–Kier alpha value is -1.81. The maximum atomic E-state index is 13.2. The zero-order chi connectivity index (χ0) is 20.6. The van der Waals surface area contributed by atoms with E-state index in [0.717, 1.165) is 53.2 Å². The van der Waals surface area contributed by atoms with Gasteiger partial charge < -0.3 is 9.42 Å². The Bertz CT molecular complexity index is 1120. The molecular formula is C20H24FN3O3S2. The molecule has 3 aromatic rings. The Morgan fingerprint density at radius 3 is 2.93 bits per heavy atom. The molecule has 1 unspecified atom stereocenters. The Morgan fingerprint density at radius 2 is 2.17 bits per heavy atom. The maximum Gasteiger partial charge on any atom is 0.241 e. The molecule has 0 saturated carbocycles. The van der Waals surface area contributed by atoms with Gasteiger partial charge in [0.15, 0.2) is 5.58 Å². The van der Waals surface area contributed by atoms with Crippen molar-refractivity contribution in [1.82, 2.24) is 14.8 Å². The van der Waals surface area contributed by atoms with Gasteiger partial charge in [-0.05, 0) is 64.4 Å². The van der Waals surface area contributed by atoms with Crippen LogP contribution in [-0.2, 0) is 16.4 Å². The van der Waals surface area contributed by atoms with Crippen molar-refractivity contribution in [3.8, 4) is 0 Å². The van der Waals surface area contributed by atoms with Crippen molar-refractivity contribution in [1.29, 1.82) is 0 Å². The molecule has 0 amide bonds. The number of halogens is 1. The van der Waals surface area contributed by atoms with Gasteiger partial charge in [-0.3, -0.25) is 0 Å². The molecule has 0 radical (unpaired) electrons. The molecule has 2 aromatic heterocycles. The van der Waals surface area contributed by atoms with E-state index in [-0.39, 0.29) is 11.9 Å². The molecule has 0 spiro atoms. The molecule has 1 aliphatic rings. The van der Waals surface area contributed by atoms with Crippen LogP contribution in [-0.4, -0.2) is 44.2 Å². The third-order valence-corrected chi connectivity index (χ3v) is 8.02. The second-order valence-corrected chi connectivity index (χ2v) is 10.7. The van der Waals surface area contributed by atoms with Crippen molar-refractivity contribution in [2.45, 2.75) is 44.0 Å². The molecule has 6 nitrogen and oxygen atoms in total. The van der Waals surface area contributed by atoms with Gasteiger partial charge in [0.05, 0.1) is 10.6 Å². The van der Waals surface area contributed by atoms with Gasteiger partial charge in [-0.25, -0.2) is 17.5 Å². The largest absolute Gasteiger partial charge is 0.356 e. The summed E-state index contributed by atoms with van der Waals surface area (Å²) in [6.45, 7) is 6.17. The fourth-order valence-electron chi connectivity index (χ4n) is 3.90. The van der Waals surface area contributed by atoms with Crippen molar-refractivity contribution in [2.24, 2.45) is 0 Å². The van der Waals surface area contributed by atoms with Gasteiger partial charge in [-0.2, -0.15) is 0 Å². The number of sulfonamides is 1. The highest BCUT2D eigenvalue weighted by molar-refractivity contribution is 7.89. The standard InChI is InChI=1S/C20H24FN3O3S2/c1-13-10-20(14(2)28-13)29(25,26)23-16-7-9-24(12-16)8-3-4-18-17-6-5-15(21)11-19(17)27-22-18/h5-6,10-11,16,23H,3-4,7-9,12H2,1-2H3. The molecule has 1 atom stereocenters. The predicted molar refractivity (Wildman–Crippen MR) is 111 cm³/mol. The second kappa shape index (κ2) is 8.14. The second-order valence-electron chi connectivity index (χ2n) is 7.56. The van der Waals surface area contributed by atoms with Gasteiger partial charge in [-0.1, -0.05) is 5.16 Å². The summed E-state index contributed by atoms with van der Waals surface area (Å²) in [6, 6.07) is 6.13. The molecule has 4 rings (SSSR count). The van der Waals surface area contributed by atoms with Gasteiger partial charge in [0.25, 0.3) is 0 Å². The molecule has 1 N–H and O–H groups in total. The molecule has 0 aliphatic carbocycles. The molecule has 1 aliphatic heterocycles. The molecule has 1 fully saturated rings. The summed E-state index contributed by atoms with van der Waals surface area (Å²) in [5, 5.41) is 4.90. The number of benzene rings is 1. The number of nitrogens with zero attached hydrogens (tertiary/aromatic N) is 2. The zero-order valence-corrected chi connectivity index (χ0v) is 18.1. The molecule has 29 heavy (non-hydrogen) atoms. The Labute approximate surface area is 173 Å². The number of rotatable bonds is 7. The van der Waals surface area contributed by atoms with Crippen molar-refractivity contribution >= 4 is 32.3 Å². The van der Waals surface area contributed by atoms with Gasteiger partial charge in [0.2, 0.25) is 10.0 Å². The number of aromatic nitrogens is 1. The van der Waals surface area contributed by atoms with Crippen LogP contribution in [0, 0.1) is 19.7 Å². The first-order valence-corrected chi connectivity index (χ1v) is 12.0. The Morgan fingerprint density at radius 1 is 1.34 bits per heavy atom. The van der Waals surface area contributed by atoms with E-state index in [1.807, 2.05) is 13.8 Å². The summed E-state index contributed by atoms with van der Waals surface area (Å²) < 4.78 is 46.7. The number of aryl methyl sites for hydroxylation is 3. The summed E-state index contributed by atoms with van der Waals surface area (Å²) in [5.74, 6) is -0.335. The summed E-state index contributed by atoms with van der Waals surface area (Å²) in [7, 11) is -3.48. The first-order valence-electron chi connectivity index (χ1n) is 9.67. The summed E-state index contributed by atoms with van der Waals surface area (Å²) in [6.07, 6.45) is 2.41. The zero-order valence-electron chi connectivity index (χ0n) is 16.4.